The highest BCUT2D eigenvalue weighted by Crippen LogP contribution is 2.42. The van der Waals surface area contributed by atoms with Crippen LogP contribution in [0.5, 0.6) is 0 Å². The van der Waals surface area contributed by atoms with Crippen molar-refractivity contribution in [2.75, 3.05) is 0 Å². The largest absolute Gasteiger partial charge is 0.348 e. The van der Waals surface area contributed by atoms with E-state index in [1.54, 1.807) is 0 Å². The van der Waals surface area contributed by atoms with Gasteiger partial charge in [0.2, 0.25) is 0 Å². The van der Waals surface area contributed by atoms with Crippen LogP contribution < -0.4 is 5.73 Å². The van der Waals surface area contributed by atoms with Gasteiger partial charge in [-0.25, -0.2) is 0 Å². The summed E-state index contributed by atoms with van der Waals surface area (Å²) in [6.07, 6.45) is 7.97. The molecule has 3 atom stereocenters. The molecule has 0 spiro atoms. The van der Waals surface area contributed by atoms with Crippen LogP contribution in [0.2, 0.25) is 0 Å². The maximum atomic E-state index is 6.45. The van der Waals surface area contributed by atoms with Gasteiger partial charge in [-0.05, 0) is 55.1 Å². The number of nitrogens with two attached hydrogens (primary N) is 1. The van der Waals surface area contributed by atoms with E-state index < -0.39 is 0 Å². The number of hydrogen-bond acceptors (Lipinski definition) is 1. The summed E-state index contributed by atoms with van der Waals surface area (Å²) in [5.74, 6) is 1.73. The van der Waals surface area contributed by atoms with Gasteiger partial charge in [-0.2, -0.15) is 0 Å². The van der Waals surface area contributed by atoms with Crippen LogP contribution in [0.4, 0.5) is 0 Å². The Labute approximate surface area is 130 Å². The minimum atomic E-state index is 0.229. The second-order valence-electron chi connectivity index (χ2n) is 8.47. The first-order chi connectivity index (χ1) is 9.87. The molecule has 3 rings (SSSR count). The van der Waals surface area contributed by atoms with Gasteiger partial charge in [-0.1, -0.05) is 40.0 Å². The minimum absolute atomic E-state index is 0.229. The van der Waals surface area contributed by atoms with Gasteiger partial charge in [-0.3, -0.25) is 0 Å². The topological polar surface area (TPSA) is 30.9 Å². The molecule has 21 heavy (non-hydrogen) atoms. The fraction of sp³-hybridized carbons (Fsp3) is 0.789. The van der Waals surface area contributed by atoms with E-state index in [4.69, 9.17) is 5.73 Å². The fourth-order valence-corrected chi connectivity index (χ4v) is 4.66. The molecule has 1 aromatic rings. The molecule has 118 valence electrons. The Bertz CT molecular complexity index is 512. The Kier molecular flexibility index (Phi) is 3.94. The predicted octanol–water partition coefficient (Wildman–Crippen LogP) is 4.60. The van der Waals surface area contributed by atoms with E-state index in [9.17, 15) is 0 Å². The normalized spacial score (nSPS) is 32.0. The van der Waals surface area contributed by atoms with Crippen LogP contribution in [0.25, 0.3) is 0 Å². The molecule has 2 heteroatoms. The highest BCUT2D eigenvalue weighted by Gasteiger charge is 2.34. The Morgan fingerprint density at radius 3 is 2.71 bits per heavy atom. The van der Waals surface area contributed by atoms with E-state index in [-0.39, 0.29) is 6.04 Å². The Morgan fingerprint density at radius 2 is 2.00 bits per heavy atom. The smallest absolute Gasteiger partial charge is 0.0318 e. The van der Waals surface area contributed by atoms with Crippen molar-refractivity contribution in [2.45, 2.75) is 78.8 Å². The van der Waals surface area contributed by atoms with Gasteiger partial charge in [-0.15, -0.1) is 0 Å². The van der Waals surface area contributed by atoms with E-state index in [0.717, 1.165) is 18.3 Å². The van der Waals surface area contributed by atoms with Crippen molar-refractivity contribution >= 4 is 0 Å². The van der Waals surface area contributed by atoms with E-state index in [1.165, 1.54) is 55.6 Å². The van der Waals surface area contributed by atoms with Gasteiger partial charge in [0.05, 0.1) is 0 Å². The summed E-state index contributed by atoms with van der Waals surface area (Å²) in [5, 5.41) is 0. The van der Waals surface area contributed by atoms with Crippen LogP contribution in [0, 0.1) is 24.2 Å². The third-order valence-electron chi connectivity index (χ3n) is 5.97. The van der Waals surface area contributed by atoms with Crippen molar-refractivity contribution in [2.24, 2.45) is 23.0 Å². The molecule has 2 aliphatic rings. The molecule has 1 heterocycles. The first-order valence-corrected chi connectivity index (χ1v) is 8.82. The quantitative estimate of drug-likeness (QED) is 0.847. The molecular weight excluding hydrogens is 256 g/mol. The zero-order valence-corrected chi connectivity index (χ0v) is 14.3. The number of fused-ring (bicyclic) bond motifs is 1. The van der Waals surface area contributed by atoms with E-state index in [1.807, 2.05) is 0 Å². The monoisotopic (exact) mass is 288 g/mol. The maximum Gasteiger partial charge on any atom is 0.0318 e. The molecule has 0 radical (unpaired) electrons. The lowest BCUT2D eigenvalue weighted by molar-refractivity contribution is 0.219. The van der Waals surface area contributed by atoms with Crippen molar-refractivity contribution in [1.82, 2.24) is 4.57 Å². The molecule has 2 N–H and O–H groups in total. The summed E-state index contributed by atoms with van der Waals surface area (Å²) in [4.78, 5) is 0. The van der Waals surface area contributed by atoms with Crippen LogP contribution in [0.1, 0.15) is 75.9 Å². The second-order valence-corrected chi connectivity index (χ2v) is 8.47. The SMILES string of the molecule is Cc1cc2c(n1CC1CCCCC1C)CC(C)(C)CC2N. The maximum absolute atomic E-state index is 6.45. The number of nitrogens with zero attached hydrogens (tertiary/aromatic N) is 1. The average Bonchev–Trinajstić information content (AvgIpc) is 2.69. The van der Waals surface area contributed by atoms with Crippen molar-refractivity contribution in [3.8, 4) is 0 Å². The van der Waals surface area contributed by atoms with Crippen LogP contribution in [-0.4, -0.2) is 4.57 Å². The third-order valence-corrected chi connectivity index (χ3v) is 5.97. The van der Waals surface area contributed by atoms with Crippen LogP contribution in [-0.2, 0) is 13.0 Å². The molecule has 0 aliphatic heterocycles. The fourth-order valence-electron chi connectivity index (χ4n) is 4.66. The number of hydrogen-bond donors (Lipinski definition) is 1. The molecule has 3 unspecified atom stereocenters. The van der Waals surface area contributed by atoms with Crippen LogP contribution in [0.15, 0.2) is 6.07 Å². The van der Waals surface area contributed by atoms with Crippen LogP contribution >= 0.6 is 0 Å². The lowest BCUT2D eigenvalue weighted by Gasteiger charge is -2.36. The Balaban J connectivity index is 1.89. The van der Waals surface area contributed by atoms with Crippen molar-refractivity contribution in [3.63, 3.8) is 0 Å². The van der Waals surface area contributed by atoms with E-state index in [0.29, 0.717) is 5.41 Å². The summed E-state index contributed by atoms with van der Waals surface area (Å²) < 4.78 is 2.61. The number of rotatable bonds is 2. The summed E-state index contributed by atoms with van der Waals surface area (Å²) in [7, 11) is 0. The Hall–Kier alpha value is -0.760. The first-order valence-electron chi connectivity index (χ1n) is 8.82. The molecular formula is C19H32N2. The van der Waals surface area contributed by atoms with Crippen molar-refractivity contribution in [3.05, 3.63) is 23.0 Å². The van der Waals surface area contributed by atoms with Gasteiger partial charge in [0, 0.05) is 24.0 Å². The Morgan fingerprint density at radius 1 is 1.29 bits per heavy atom. The van der Waals surface area contributed by atoms with Gasteiger partial charge in [0.15, 0.2) is 0 Å². The van der Waals surface area contributed by atoms with Gasteiger partial charge < -0.3 is 10.3 Å². The molecule has 0 aromatic carbocycles. The highest BCUT2D eigenvalue weighted by atomic mass is 15.0. The lowest BCUT2D eigenvalue weighted by atomic mass is 9.74. The number of aromatic nitrogens is 1. The van der Waals surface area contributed by atoms with Crippen molar-refractivity contribution in [1.29, 1.82) is 0 Å². The molecule has 1 fully saturated rings. The molecule has 0 bridgehead atoms. The zero-order valence-electron chi connectivity index (χ0n) is 14.3. The molecule has 2 aliphatic carbocycles. The molecule has 0 saturated heterocycles. The van der Waals surface area contributed by atoms with Gasteiger partial charge >= 0.3 is 0 Å². The average molecular weight is 288 g/mol. The molecule has 1 saturated carbocycles. The highest BCUT2D eigenvalue weighted by molar-refractivity contribution is 5.34. The van der Waals surface area contributed by atoms with E-state index in [2.05, 4.69) is 38.3 Å². The van der Waals surface area contributed by atoms with Crippen LogP contribution in [0.3, 0.4) is 0 Å². The molecule has 0 amide bonds. The summed E-state index contributed by atoms with van der Waals surface area (Å²) >= 11 is 0. The third kappa shape index (κ3) is 2.92. The number of aryl methyl sites for hydroxylation is 1. The van der Waals surface area contributed by atoms with Crippen molar-refractivity contribution < 1.29 is 0 Å². The lowest BCUT2D eigenvalue weighted by Crippen LogP contribution is -2.31. The molecule has 1 aromatic heterocycles. The zero-order chi connectivity index (χ0) is 15.2. The van der Waals surface area contributed by atoms with Gasteiger partial charge in [0.1, 0.15) is 0 Å². The summed E-state index contributed by atoms with van der Waals surface area (Å²) in [6.45, 7) is 10.7. The second kappa shape index (κ2) is 5.46. The first kappa shape index (κ1) is 15.1. The molecule has 2 nitrogen and oxygen atoms in total. The minimum Gasteiger partial charge on any atom is -0.348 e. The standard InChI is InChI=1S/C19H32N2/c1-13-7-5-6-8-15(13)12-21-14(2)9-16-17(20)10-19(3,4)11-18(16)21/h9,13,15,17H,5-8,10-12,20H2,1-4H3. The van der Waals surface area contributed by atoms with E-state index >= 15 is 0 Å². The van der Waals surface area contributed by atoms with Gasteiger partial charge in [0.25, 0.3) is 0 Å². The summed E-state index contributed by atoms with van der Waals surface area (Å²) in [6, 6.07) is 2.59. The predicted molar refractivity (Wildman–Crippen MR) is 89.3 cm³/mol. The summed E-state index contributed by atoms with van der Waals surface area (Å²) in [5.41, 5.74) is 11.2.